The summed E-state index contributed by atoms with van der Waals surface area (Å²) in [7, 11) is -3.29. The molecule has 0 aliphatic rings. The summed E-state index contributed by atoms with van der Waals surface area (Å²) in [6, 6.07) is 10.2. The average molecular weight is 400 g/mol. The summed E-state index contributed by atoms with van der Waals surface area (Å²) in [5, 5.41) is 5.95. The monoisotopic (exact) mass is 400 g/mol. The zero-order valence-electron chi connectivity index (χ0n) is 15.1. The van der Waals surface area contributed by atoms with Gasteiger partial charge in [-0.15, -0.1) is 0 Å². The maximum atomic E-state index is 12.3. The molecule has 0 bridgehead atoms. The van der Waals surface area contributed by atoms with E-state index in [1.54, 1.807) is 36.5 Å². The van der Waals surface area contributed by atoms with E-state index in [4.69, 9.17) is 0 Å². The molecule has 0 radical (unpaired) electrons. The standard InChI is InChI=1S/C19H20N4O4S/c24-17(18(25)19-21-13-22-23-19)12-16-14(9-10-20-16)6-4-5-11-28(26,27)15-7-2-1-3-8-15/h1-3,7-10,13,20H,4-6,11-12H2,(H,21,22,23). The molecule has 0 unspecified atom stereocenters. The second kappa shape index (κ2) is 8.75. The van der Waals surface area contributed by atoms with Crippen LogP contribution in [0.1, 0.15) is 34.7 Å². The van der Waals surface area contributed by atoms with E-state index in [9.17, 15) is 18.0 Å². The molecule has 9 heteroatoms. The van der Waals surface area contributed by atoms with Gasteiger partial charge in [0.25, 0.3) is 5.78 Å². The number of carbonyl (C=O) groups is 2. The molecule has 3 aromatic rings. The highest BCUT2D eigenvalue weighted by Gasteiger charge is 2.21. The molecule has 1 aromatic carbocycles. The van der Waals surface area contributed by atoms with Gasteiger partial charge in [0.1, 0.15) is 6.33 Å². The highest BCUT2D eigenvalue weighted by Crippen LogP contribution is 2.15. The van der Waals surface area contributed by atoms with E-state index in [2.05, 4.69) is 20.2 Å². The molecule has 2 N–H and O–H groups in total. The average Bonchev–Trinajstić information content (AvgIpc) is 3.38. The number of aromatic nitrogens is 4. The van der Waals surface area contributed by atoms with Crippen molar-refractivity contribution in [3.8, 4) is 0 Å². The number of aromatic amines is 2. The van der Waals surface area contributed by atoms with Crippen LogP contribution in [0.3, 0.4) is 0 Å². The molecule has 8 nitrogen and oxygen atoms in total. The number of carbonyl (C=O) groups excluding carboxylic acids is 2. The lowest BCUT2D eigenvalue weighted by Gasteiger charge is -2.05. The van der Waals surface area contributed by atoms with Gasteiger partial charge in [-0.1, -0.05) is 18.2 Å². The second-order valence-corrected chi connectivity index (χ2v) is 8.44. The largest absolute Gasteiger partial charge is 0.364 e. The Morgan fingerprint density at radius 3 is 2.54 bits per heavy atom. The summed E-state index contributed by atoms with van der Waals surface area (Å²) >= 11 is 0. The number of Topliss-reactive ketones (excluding diaryl/α,β-unsaturated/α-hetero) is 2. The first-order chi connectivity index (χ1) is 13.5. The summed E-state index contributed by atoms with van der Waals surface area (Å²) in [4.78, 5) is 31.1. The van der Waals surface area contributed by atoms with E-state index in [-0.39, 0.29) is 18.0 Å². The van der Waals surface area contributed by atoms with Crippen molar-refractivity contribution in [2.45, 2.75) is 30.6 Å². The van der Waals surface area contributed by atoms with Crippen molar-refractivity contribution in [1.29, 1.82) is 0 Å². The quantitative estimate of drug-likeness (QED) is 0.304. The number of hydrogen-bond acceptors (Lipinski definition) is 6. The Morgan fingerprint density at radius 2 is 1.82 bits per heavy atom. The van der Waals surface area contributed by atoms with Gasteiger partial charge in [0, 0.05) is 11.9 Å². The number of H-pyrrole nitrogens is 2. The molecular formula is C19H20N4O4S. The third-order valence-corrected chi connectivity index (χ3v) is 6.18. The fourth-order valence-corrected chi connectivity index (χ4v) is 4.27. The van der Waals surface area contributed by atoms with E-state index < -0.39 is 21.4 Å². The maximum absolute atomic E-state index is 12.3. The predicted octanol–water partition coefficient (Wildman–Crippen LogP) is 1.92. The number of unbranched alkanes of at least 4 members (excludes halogenated alkanes) is 1. The highest BCUT2D eigenvalue weighted by atomic mass is 32.2. The lowest BCUT2D eigenvalue weighted by Crippen LogP contribution is -2.19. The fourth-order valence-electron chi connectivity index (χ4n) is 2.88. The summed E-state index contributed by atoms with van der Waals surface area (Å²) in [5.74, 6) is -1.32. The Kier molecular flexibility index (Phi) is 6.15. The van der Waals surface area contributed by atoms with E-state index in [1.807, 2.05) is 6.07 Å². The van der Waals surface area contributed by atoms with Crippen LogP contribution in [0.25, 0.3) is 0 Å². The number of benzene rings is 1. The summed E-state index contributed by atoms with van der Waals surface area (Å²) in [6.45, 7) is 0. The number of nitrogens with zero attached hydrogens (tertiary/aromatic N) is 2. The minimum atomic E-state index is -3.29. The van der Waals surface area contributed by atoms with Crippen LogP contribution in [-0.4, -0.2) is 45.9 Å². The number of aryl methyl sites for hydroxylation is 1. The minimum absolute atomic E-state index is 0.0653. The first kappa shape index (κ1) is 19.7. The molecular weight excluding hydrogens is 380 g/mol. The number of rotatable bonds is 10. The molecule has 0 atom stereocenters. The van der Waals surface area contributed by atoms with Crippen molar-refractivity contribution in [3.05, 3.63) is 66.0 Å². The van der Waals surface area contributed by atoms with Crippen molar-refractivity contribution >= 4 is 21.4 Å². The van der Waals surface area contributed by atoms with Crippen LogP contribution in [0.5, 0.6) is 0 Å². The third-order valence-electron chi connectivity index (χ3n) is 4.36. The summed E-state index contributed by atoms with van der Waals surface area (Å²) < 4.78 is 24.6. The topological polar surface area (TPSA) is 126 Å². The Balaban J connectivity index is 1.52. The van der Waals surface area contributed by atoms with Crippen LogP contribution in [0.2, 0.25) is 0 Å². The van der Waals surface area contributed by atoms with Crippen LogP contribution in [0.15, 0.2) is 53.8 Å². The van der Waals surface area contributed by atoms with E-state index in [0.717, 1.165) is 5.56 Å². The molecule has 0 amide bonds. The van der Waals surface area contributed by atoms with Crippen LogP contribution >= 0.6 is 0 Å². The van der Waals surface area contributed by atoms with Crippen molar-refractivity contribution in [2.24, 2.45) is 0 Å². The van der Waals surface area contributed by atoms with Gasteiger partial charge < -0.3 is 4.98 Å². The lowest BCUT2D eigenvalue weighted by atomic mass is 10.0. The first-order valence-electron chi connectivity index (χ1n) is 8.83. The van der Waals surface area contributed by atoms with Crippen molar-refractivity contribution < 1.29 is 18.0 Å². The van der Waals surface area contributed by atoms with E-state index >= 15 is 0 Å². The molecule has 0 saturated heterocycles. The van der Waals surface area contributed by atoms with Gasteiger partial charge in [0.2, 0.25) is 5.78 Å². The minimum Gasteiger partial charge on any atom is -0.364 e. The normalized spacial score (nSPS) is 11.4. The molecule has 0 saturated carbocycles. The zero-order valence-corrected chi connectivity index (χ0v) is 15.9. The third kappa shape index (κ3) is 4.80. The first-order valence-corrected chi connectivity index (χ1v) is 10.5. The Labute approximate surface area is 162 Å². The molecule has 0 aliphatic heterocycles. The Hall–Kier alpha value is -3.07. The van der Waals surface area contributed by atoms with Crippen LogP contribution in [0.4, 0.5) is 0 Å². The van der Waals surface area contributed by atoms with Crippen LogP contribution in [0, 0.1) is 0 Å². The molecule has 2 aromatic heterocycles. The van der Waals surface area contributed by atoms with Gasteiger partial charge in [-0.25, -0.2) is 13.4 Å². The van der Waals surface area contributed by atoms with Crippen LogP contribution in [-0.2, 0) is 27.5 Å². The van der Waals surface area contributed by atoms with Crippen molar-refractivity contribution in [1.82, 2.24) is 20.2 Å². The van der Waals surface area contributed by atoms with Crippen molar-refractivity contribution in [2.75, 3.05) is 5.75 Å². The molecule has 0 aliphatic carbocycles. The smallest absolute Gasteiger partial charge is 0.265 e. The second-order valence-electron chi connectivity index (χ2n) is 6.33. The molecule has 0 fully saturated rings. The van der Waals surface area contributed by atoms with Crippen molar-refractivity contribution in [3.63, 3.8) is 0 Å². The van der Waals surface area contributed by atoms with Gasteiger partial charge >= 0.3 is 0 Å². The van der Waals surface area contributed by atoms with Gasteiger partial charge in [-0.3, -0.25) is 14.7 Å². The van der Waals surface area contributed by atoms with Gasteiger partial charge in [0.15, 0.2) is 15.7 Å². The fraction of sp³-hybridized carbons (Fsp3) is 0.263. The lowest BCUT2D eigenvalue weighted by molar-refractivity contribution is -0.114. The molecule has 0 spiro atoms. The highest BCUT2D eigenvalue weighted by molar-refractivity contribution is 7.91. The molecule has 28 heavy (non-hydrogen) atoms. The number of hydrogen-bond donors (Lipinski definition) is 2. The summed E-state index contributed by atoms with van der Waals surface area (Å²) in [5.41, 5.74) is 1.56. The Bertz CT molecular complexity index is 1040. The van der Waals surface area contributed by atoms with E-state index in [0.29, 0.717) is 29.9 Å². The number of nitrogens with one attached hydrogen (secondary N) is 2. The molecule has 146 valence electrons. The molecule has 2 heterocycles. The SMILES string of the molecule is O=C(Cc1[nH]ccc1CCCCS(=O)(=O)c1ccccc1)C(=O)c1ncn[nH]1. The maximum Gasteiger partial charge on any atom is 0.265 e. The number of ketones is 2. The molecule has 3 rings (SSSR count). The number of sulfone groups is 1. The summed E-state index contributed by atoms with van der Waals surface area (Å²) in [6.07, 6.45) is 4.59. The van der Waals surface area contributed by atoms with Gasteiger partial charge in [-0.2, -0.15) is 5.10 Å². The van der Waals surface area contributed by atoms with E-state index in [1.165, 1.54) is 6.33 Å². The predicted molar refractivity (Wildman–Crippen MR) is 102 cm³/mol. The Morgan fingerprint density at radius 1 is 1.04 bits per heavy atom. The zero-order chi connectivity index (χ0) is 20.0. The van der Waals surface area contributed by atoms with Gasteiger partial charge in [-0.05, 0) is 43.0 Å². The van der Waals surface area contributed by atoms with Crippen LogP contribution < -0.4 is 0 Å². The van der Waals surface area contributed by atoms with Gasteiger partial charge in [0.05, 0.1) is 17.1 Å².